The average molecular weight is 444 g/mol. The minimum absolute atomic E-state index is 0.151. The number of alkyl halides is 3. The zero-order valence-electron chi connectivity index (χ0n) is 13.5. The van der Waals surface area contributed by atoms with Gasteiger partial charge in [0.2, 0.25) is 7.37 Å². The van der Waals surface area contributed by atoms with Crippen molar-refractivity contribution in [3.8, 4) is 11.5 Å². The molecule has 0 fully saturated rings. The summed E-state index contributed by atoms with van der Waals surface area (Å²) in [6.07, 6.45) is -4.93. The third-order valence-electron chi connectivity index (χ3n) is 3.49. The zero-order chi connectivity index (χ0) is 20.6. The fraction of sp³-hybridized carbons (Fsp3) is 0.200. The van der Waals surface area contributed by atoms with Crippen LogP contribution in [0.2, 0.25) is 10.0 Å². The molecule has 1 N–H and O–H groups in total. The van der Waals surface area contributed by atoms with Crippen LogP contribution in [-0.2, 0) is 10.7 Å². The highest BCUT2D eigenvalue weighted by molar-refractivity contribution is 7.66. The van der Waals surface area contributed by atoms with E-state index in [9.17, 15) is 32.7 Å². The van der Waals surface area contributed by atoms with E-state index in [1.165, 1.54) is 6.92 Å². The Morgan fingerprint density at radius 2 is 1.78 bits per heavy atom. The van der Waals surface area contributed by atoms with Crippen molar-refractivity contribution in [1.29, 1.82) is 0 Å². The molecule has 0 radical (unpaired) electrons. The van der Waals surface area contributed by atoms with E-state index in [2.05, 4.69) is 0 Å². The Labute approximate surface area is 161 Å². The van der Waals surface area contributed by atoms with Gasteiger partial charge in [0.25, 0.3) is 5.69 Å². The van der Waals surface area contributed by atoms with E-state index in [1.54, 1.807) is 0 Å². The summed E-state index contributed by atoms with van der Waals surface area (Å²) in [6.45, 7) is 1.38. The largest absolute Gasteiger partial charge is 0.454 e. The fourth-order valence-corrected chi connectivity index (χ4v) is 3.86. The van der Waals surface area contributed by atoms with E-state index in [1.807, 2.05) is 0 Å². The molecule has 0 aliphatic carbocycles. The van der Waals surface area contributed by atoms with Gasteiger partial charge in [-0.2, -0.15) is 13.2 Å². The summed E-state index contributed by atoms with van der Waals surface area (Å²) < 4.78 is 55.9. The van der Waals surface area contributed by atoms with Gasteiger partial charge in [0.05, 0.1) is 20.5 Å². The van der Waals surface area contributed by atoms with Gasteiger partial charge in [-0.3, -0.25) is 14.7 Å². The Morgan fingerprint density at radius 1 is 1.22 bits per heavy atom. The molecule has 0 bridgehead atoms. The lowest BCUT2D eigenvalue weighted by atomic mass is 10.2. The Morgan fingerprint density at radius 3 is 2.22 bits per heavy atom. The van der Waals surface area contributed by atoms with E-state index in [0.29, 0.717) is 12.1 Å². The van der Waals surface area contributed by atoms with Crippen LogP contribution in [0.4, 0.5) is 18.9 Å². The van der Waals surface area contributed by atoms with Crippen LogP contribution in [0.3, 0.4) is 0 Å². The molecule has 0 heterocycles. The molecule has 6 nitrogen and oxygen atoms in total. The third-order valence-corrected chi connectivity index (χ3v) is 6.02. The second-order valence-electron chi connectivity index (χ2n) is 5.29. The first-order chi connectivity index (χ1) is 12.4. The molecule has 146 valence electrons. The van der Waals surface area contributed by atoms with Gasteiger partial charge < -0.3 is 9.63 Å². The summed E-state index contributed by atoms with van der Waals surface area (Å²) >= 11 is 11.6. The molecule has 0 aliphatic rings. The number of halogens is 5. The molecule has 12 heteroatoms. The Bertz CT molecular complexity index is 929. The summed E-state index contributed by atoms with van der Waals surface area (Å²) in [5, 5.41) is 9.73. The number of hydrogen-bond donors (Lipinski definition) is 1. The molecule has 0 amide bonds. The standard InChI is InChI=1S/C15H11Cl2F3NO5P/c1-2-27(24,25)13-7-9(3-4-12(13)21(22)23)26-14-10(16)5-8(6-11(14)17)15(18,19)20/h3-7H,2H2,1H3,(H,24,25). The predicted octanol–water partition coefficient (Wildman–Crippen LogP) is 5.63. The van der Waals surface area contributed by atoms with Crippen molar-refractivity contribution >= 4 is 41.6 Å². The highest BCUT2D eigenvalue weighted by Crippen LogP contribution is 2.45. The van der Waals surface area contributed by atoms with Crippen molar-refractivity contribution in [1.82, 2.24) is 0 Å². The molecule has 27 heavy (non-hydrogen) atoms. The van der Waals surface area contributed by atoms with E-state index >= 15 is 0 Å². The first-order valence-corrected chi connectivity index (χ1v) is 9.81. The van der Waals surface area contributed by atoms with Gasteiger partial charge in [-0.05, 0) is 18.2 Å². The molecule has 0 aromatic heterocycles. The molecule has 1 unspecified atom stereocenters. The highest BCUT2D eigenvalue weighted by Gasteiger charge is 2.33. The van der Waals surface area contributed by atoms with Gasteiger partial charge in [-0.25, -0.2) is 0 Å². The number of nitro benzene ring substituents is 1. The summed E-state index contributed by atoms with van der Waals surface area (Å²) in [6, 6.07) is 4.25. The number of rotatable bonds is 5. The zero-order valence-corrected chi connectivity index (χ0v) is 15.9. The van der Waals surface area contributed by atoms with Crippen molar-refractivity contribution in [3.63, 3.8) is 0 Å². The molecule has 1 atom stereocenters. The van der Waals surface area contributed by atoms with Crippen molar-refractivity contribution in [2.45, 2.75) is 13.1 Å². The lowest BCUT2D eigenvalue weighted by molar-refractivity contribution is -0.383. The van der Waals surface area contributed by atoms with Gasteiger partial charge in [0.15, 0.2) is 5.75 Å². The fourth-order valence-electron chi connectivity index (χ4n) is 2.11. The van der Waals surface area contributed by atoms with Crippen molar-refractivity contribution in [3.05, 3.63) is 56.1 Å². The van der Waals surface area contributed by atoms with Crippen LogP contribution in [0.5, 0.6) is 11.5 Å². The number of hydrogen-bond acceptors (Lipinski definition) is 4. The normalized spacial score (nSPS) is 13.9. The van der Waals surface area contributed by atoms with Gasteiger partial charge in [0.1, 0.15) is 11.1 Å². The second-order valence-corrected chi connectivity index (χ2v) is 8.63. The monoisotopic (exact) mass is 443 g/mol. The molecule has 0 aliphatic heterocycles. The van der Waals surface area contributed by atoms with Gasteiger partial charge >= 0.3 is 6.18 Å². The number of benzene rings is 2. The molecule has 0 saturated carbocycles. The summed E-state index contributed by atoms with van der Waals surface area (Å²) in [4.78, 5) is 20.2. The topological polar surface area (TPSA) is 89.7 Å². The minimum atomic E-state index is -4.67. The maximum atomic E-state index is 12.8. The summed E-state index contributed by atoms with van der Waals surface area (Å²) in [5.74, 6) is -0.475. The first kappa shape index (κ1) is 21.5. The molecule has 2 rings (SSSR count). The lowest BCUT2D eigenvalue weighted by Gasteiger charge is -2.15. The van der Waals surface area contributed by atoms with Crippen molar-refractivity contribution in [2.24, 2.45) is 0 Å². The summed E-state index contributed by atoms with van der Waals surface area (Å²) in [7, 11) is -4.04. The van der Waals surface area contributed by atoms with Crippen LogP contribution in [0, 0.1) is 10.1 Å². The molecule has 0 saturated heterocycles. The van der Waals surface area contributed by atoms with E-state index in [-0.39, 0.29) is 17.7 Å². The van der Waals surface area contributed by atoms with Crippen LogP contribution < -0.4 is 10.0 Å². The number of nitrogens with zero attached hydrogens (tertiary/aromatic N) is 1. The Kier molecular flexibility index (Phi) is 6.11. The SMILES string of the molecule is CCP(=O)(O)c1cc(Oc2c(Cl)cc(C(F)(F)F)cc2Cl)ccc1[N+](=O)[O-]. The van der Waals surface area contributed by atoms with Crippen molar-refractivity contribution in [2.75, 3.05) is 6.16 Å². The van der Waals surface area contributed by atoms with Gasteiger partial charge in [-0.15, -0.1) is 0 Å². The quantitative estimate of drug-likeness (QED) is 0.367. The first-order valence-electron chi connectivity index (χ1n) is 7.21. The highest BCUT2D eigenvalue weighted by atomic mass is 35.5. The molecule has 0 spiro atoms. The van der Waals surface area contributed by atoms with E-state index in [0.717, 1.165) is 18.2 Å². The number of ether oxygens (including phenoxy) is 1. The van der Waals surface area contributed by atoms with Crippen LogP contribution >= 0.6 is 30.6 Å². The van der Waals surface area contributed by atoms with Gasteiger partial charge in [0, 0.05) is 18.3 Å². The molecule has 2 aromatic carbocycles. The second kappa shape index (κ2) is 7.67. The van der Waals surface area contributed by atoms with Crippen LogP contribution in [0.15, 0.2) is 30.3 Å². The van der Waals surface area contributed by atoms with E-state index < -0.39 is 45.1 Å². The lowest BCUT2D eigenvalue weighted by Crippen LogP contribution is -2.12. The Hall–Kier alpha value is -1.80. The summed E-state index contributed by atoms with van der Waals surface area (Å²) in [5.41, 5.74) is -1.67. The van der Waals surface area contributed by atoms with Crippen LogP contribution in [-0.4, -0.2) is 16.0 Å². The van der Waals surface area contributed by atoms with Gasteiger partial charge in [-0.1, -0.05) is 30.1 Å². The Balaban J connectivity index is 2.51. The van der Waals surface area contributed by atoms with Crippen LogP contribution in [0.1, 0.15) is 12.5 Å². The molecule has 2 aromatic rings. The third kappa shape index (κ3) is 4.73. The molecular formula is C15H11Cl2F3NO5P. The van der Waals surface area contributed by atoms with Crippen LogP contribution in [0.25, 0.3) is 0 Å². The smallest absolute Gasteiger partial charge is 0.416 e. The predicted molar refractivity (Wildman–Crippen MR) is 94.6 cm³/mol. The maximum absolute atomic E-state index is 12.8. The maximum Gasteiger partial charge on any atom is 0.416 e. The number of nitro groups is 1. The van der Waals surface area contributed by atoms with Crippen molar-refractivity contribution < 1.29 is 32.3 Å². The minimum Gasteiger partial charge on any atom is -0.454 e. The average Bonchev–Trinajstić information content (AvgIpc) is 2.56. The van der Waals surface area contributed by atoms with E-state index in [4.69, 9.17) is 27.9 Å². The molecular weight excluding hydrogens is 433 g/mol.